The number of para-hydroxylation sites is 2. The van der Waals surface area contributed by atoms with Gasteiger partial charge in [-0.25, -0.2) is 4.79 Å². The lowest BCUT2D eigenvalue weighted by Crippen LogP contribution is -2.63. The molecule has 2 amide bonds. The van der Waals surface area contributed by atoms with E-state index in [4.69, 9.17) is 4.74 Å². The number of hydrogen-bond acceptors (Lipinski definition) is 4. The number of ether oxygens (including phenoxy) is 1. The van der Waals surface area contributed by atoms with Gasteiger partial charge >= 0.3 is 6.09 Å². The molecular weight excluding hydrogens is 330 g/mol. The van der Waals surface area contributed by atoms with Gasteiger partial charge in [0.15, 0.2) is 0 Å². The second-order valence-corrected chi connectivity index (χ2v) is 6.58. The quantitative estimate of drug-likeness (QED) is 0.834. The third-order valence-corrected chi connectivity index (χ3v) is 5.01. The van der Waals surface area contributed by atoms with E-state index in [1.54, 1.807) is 16.8 Å². The number of piperazine rings is 1. The van der Waals surface area contributed by atoms with Gasteiger partial charge in [-0.05, 0) is 17.7 Å². The molecule has 0 aromatic heterocycles. The molecule has 2 aliphatic rings. The van der Waals surface area contributed by atoms with Crippen molar-refractivity contribution in [1.29, 1.82) is 0 Å². The fraction of sp³-hybridized carbons (Fsp3) is 0.300. The van der Waals surface area contributed by atoms with Crippen molar-refractivity contribution in [3.8, 4) is 0 Å². The summed E-state index contributed by atoms with van der Waals surface area (Å²) in [6.45, 7) is 1.73. The predicted molar refractivity (Wildman–Crippen MR) is 99.2 cm³/mol. The van der Waals surface area contributed by atoms with Crippen LogP contribution in [0.5, 0.6) is 0 Å². The maximum Gasteiger partial charge on any atom is 0.410 e. The van der Waals surface area contributed by atoms with E-state index in [0.29, 0.717) is 19.6 Å². The lowest BCUT2D eigenvalue weighted by molar-refractivity contribution is -0.120. The first-order chi connectivity index (χ1) is 12.6. The van der Waals surface area contributed by atoms with Crippen LogP contribution in [0.15, 0.2) is 54.6 Å². The van der Waals surface area contributed by atoms with Crippen molar-refractivity contribution in [1.82, 2.24) is 4.90 Å². The van der Waals surface area contributed by atoms with Crippen LogP contribution in [0.4, 0.5) is 16.2 Å². The number of amides is 2. The van der Waals surface area contributed by atoms with Crippen molar-refractivity contribution in [3.05, 3.63) is 60.2 Å². The molecule has 2 aromatic rings. The summed E-state index contributed by atoms with van der Waals surface area (Å²) in [5, 5.41) is 0. The van der Waals surface area contributed by atoms with Crippen molar-refractivity contribution in [2.24, 2.45) is 0 Å². The summed E-state index contributed by atoms with van der Waals surface area (Å²) in [5.41, 5.74) is 2.90. The lowest BCUT2D eigenvalue weighted by atomic mass is 10.0. The molecule has 1 fully saturated rings. The van der Waals surface area contributed by atoms with Crippen LogP contribution in [0, 0.1) is 0 Å². The summed E-state index contributed by atoms with van der Waals surface area (Å²) in [6.07, 6.45) is -0.372. The SMILES string of the molecule is CN1C(=O)C2CN(C(=O)OCc3ccccc3)CCN2c2ccccc21. The molecule has 2 heterocycles. The molecule has 134 valence electrons. The number of benzene rings is 2. The summed E-state index contributed by atoms with van der Waals surface area (Å²) in [6, 6.07) is 17.1. The number of carbonyl (C=O) groups excluding carboxylic acids is 2. The summed E-state index contributed by atoms with van der Waals surface area (Å²) >= 11 is 0. The minimum atomic E-state index is -0.372. The van der Waals surface area contributed by atoms with Gasteiger partial charge in [0.25, 0.3) is 5.91 Å². The van der Waals surface area contributed by atoms with Crippen LogP contribution in [0.1, 0.15) is 5.56 Å². The minimum absolute atomic E-state index is 0.00394. The van der Waals surface area contributed by atoms with E-state index >= 15 is 0 Å². The third kappa shape index (κ3) is 2.87. The van der Waals surface area contributed by atoms with Gasteiger partial charge in [0.2, 0.25) is 0 Å². The Kier molecular flexibility index (Phi) is 4.24. The number of likely N-dealkylation sites (N-methyl/N-ethyl adjacent to an activating group) is 1. The zero-order valence-corrected chi connectivity index (χ0v) is 14.7. The standard InChI is InChI=1S/C20H21N3O3/c1-21-16-9-5-6-10-17(16)23-12-11-22(13-18(23)19(21)24)20(25)26-14-15-7-3-2-4-8-15/h2-10,18H,11-14H2,1H3. The van der Waals surface area contributed by atoms with Gasteiger partial charge in [0, 0.05) is 20.1 Å². The molecule has 2 aromatic carbocycles. The van der Waals surface area contributed by atoms with E-state index in [0.717, 1.165) is 16.9 Å². The van der Waals surface area contributed by atoms with E-state index in [9.17, 15) is 9.59 Å². The van der Waals surface area contributed by atoms with E-state index in [1.807, 2.05) is 54.6 Å². The summed E-state index contributed by atoms with van der Waals surface area (Å²) in [4.78, 5) is 30.6. The Bertz CT molecular complexity index is 824. The van der Waals surface area contributed by atoms with Gasteiger partial charge in [0.1, 0.15) is 12.6 Å². The zero-order chi connectivity index (χ0) is 18.1. The first-order valence-electron chi connectivity index (χ1n) is 8.74. The first-order valence-corrected chi connectivity index (χ1v) is 8.74. The number of nitrogens with zero attached hydrogens (tertiary/aromatic N) is 3. The molecule has 1 atom stereocenters. The molecule has 4 rings (SSSR count). The molecule has 0 spiro atoms. The molecule has 0 radical (unpaired) electrons. The largest absolute Gasteiger partial charge is 0.445 e. The number of hydrogen-bond donors (Lipinski definition) is 0. The van der Waals surface area contributed by atoms with Gasteiger partial charge in [-0.3, -0.25) is 4.79 Å². The minimum Gasteiger partial charge on any atom is -0.445 e. The highest BCUT2D eigenvalue weighted by atomic mass is 16.6. The number of anilines is 2. The first kappa shape index (κ1) is 16.4. The molecular formula is C20H21N3O3. The highest BCUT2D eigenvalue weighted by molar-refractivity contribution is 6.05. The fourth-order valence-electron chi connectivity index (χ4n) is 3.59. The van der Waals surface area contributed by atoms with Crippen molar-refractivity contribution in [2.45, 2.75) is 12.6 Å². The fourth-order valence-corrected chi connectivity index (χ4v) is 3.59. The van der Waals surface area contributed by atoms with E-state index < -0.39 is 0 Å². The van der Waals surface area contributed by atoms with Crippen LogP contribution >= 0.6 is 0 Å². The summed E-state index contributed by atoms with van der Waals surface area (Å²) in [7, 11) is 1.78. The Morgan fingerprint density at radius 3 is 2.50 bits per heavy atom. The molecule has 1 saturated heterocycles. The monoisotopic (exact) mass is 351 g/mol. The Hall–Kier alpha value is -3.02. The smallest absolute Gasteiger partial charge is 0.410 e. The molecule has 1 unspecified atom stereocenters. The lowest BCUT2D eigenvalue weighted by Gasteiger charge is -2.46. The Morgan fingerprint density at radius 1 is 1.04 bits per heavy atom. The van der Waals surface area contributed by atoms with Gasteiger partial charge in [-0.15, -0.1) is 0 Å². The number of rotatable bonds is 2. The molecule has 26 heavy (non-hydrogen) atoms. The second-order valence-electron chi connectivity index (χ2n) is 6.58. The Balaban J connectivity index is 1.46. The number of carbonyl (C=O) groups is 2. The van der Waals surface area contributed by atoms with E-state index in [2.05, 4.69) is 4.90 Å². The van der Waals surface area contributed by atoms with Crippen LogP contribution in [0.2, 0.25) is 0 Å². The highest BCUT2D eigenvalue weighted by Crippen LogP contribution is 2.36. The van der Waals surface area contributed by atoms with Gasteiger partial charge in [-0.2, -0.15) is 0 Å². The average molecular weight is 351 g/mol. The van der Waals surface area contributed by atoms with Crippen LogP contribution < -0.4 is 9.80 Å². The van der Waals surface area contributed by atoms with Crippen molar-refractivity contribution in [2.75, 3.05) is 36.5 Å². The van der Waals surface area contributed by atoms with Crippen LogP contribution in [-0.4, -0.2) is 49.6 Å². The molecule has 6 heteroatoms. The van der Waals surface area contributed by atoms with E-state index in [-0.39, 0.29) is 24.6 Å². The summed E-state index contributed by atoms with van der Waals surface area (Å²) in [5.74, 6) is 0.00394. The van der Waals surface area contributed by atoms with Crippen molar-refractivity contribution < 1.29 is 14.3 Å². The van der Waals surface area contributed by atoms with Gasteiger partial charge < -0.3 is 19.4 Å². The maximum atomic E-state index is 12.8. The molecule has 0 saturated carbocycles. The van der Waals surface area contributed by atoms with Crippen molar-refractivity contribution >= 4 is 23.4 Å². The predicted octanol–water partition coefficient (Wildman–Crippen LogP) is 2.49. The third-order valence-electron chi connectivity index (χ3n) is 5.01. The maximum absolute atomic E-state index is 12.8. The Morgan fingerprint density at radius 2 is 1.73 bits per heavy atom. The zero-order valence-electron chi connectivity index (χ0n) is 14.7. The Labute approximate surface area is 152 Å². The molecule has 2 aliphatic heterocycles. The molecule has 0 aliphatic carbocycles. The van der Waals surface area contributed by atoms with Crippen LogP contribution in [-0.2, 0) is 16.1 Å². The second kappa shape index (κ2) is 6.71. The normalized spacial score (nSPS) is 19.0. The van der Waals surface area contributed by atoms with E-state index in [1.165, 1.54) is 0 Å². The van der Waals surface area contributed by atoms with Gasteiger partial charge in [0.05, 0.1) is 17.9 Å². The summed E-state index contributed by atoms with van der Waals surface area (Å²) < 4.78 is 5.42. The molecule has 6 nitrogen and oxygen atoms in total. The van der Waals surface area contributed by atoms with Crippen LogP contribution in [0.25, 0.3) is 0 Å². The topological polar surface area (TPSA) is 53.1 Å². The van der Waals surface area contributed by atoms with Crippen molar-refractivity contribution in [3.63, 3.8) is 0 Å². The van der Waals surface area contributed by atoms with Gasteiger partial charge in [-0.1, -0.05) is 42.5 Å². The number of fused-ring (bicyclic) bond motifs is 3. The average Bonchev–Trinajstić information content (AvgIpc) is 2.70. The van der Waals surface area contributed by atoms with Crippen LogP contribution in [0.3, 0.4) is 0 Å². The highest BCUT2D eigenvalue weighted by Gasteiger charge is 2.41. The molecule has 0 bridgehead atoms. The molecule has 0 N–H and O–H groups in total.